The standard InChI is InChI=1S/C22H17BrFN3/c23-18-11-15(6-8-19(18)24)21-16-10-14(13-4-2-1-3-5-13)7-9-20(16)27-22(26)17(21)12-25/h1-6,8,11,14H,7,9-10H2,(H2,26,27). The fourth-order valence-corrected chi connectivity index (χ4v) is 4.25. The van der Waals surface area contributed by atoms with Crippen LogP contribution in [0.1, 0.15) is 34.7 Å². The Hall–Kier alpha value is -2.71. The molecule has 1 atom stereocenters. The highest BCUT2D eigenvalue weighted by Gasteiger charge is 2.27. The van der Waals surface area contributed by atoms with Gasteiger partial charge in [-0.05, 0) is 69.9 Å². The van der Waals surface area contributed by atoms with Gasteiger partial charge in [-0.15, -0.1) is 0 Å². The van der Waals surface area contributed by atoms with Crippen molar-refractivity contribution in [2.45, 2.75) is 25.2 Å². The number of aromatic nitrogens is 1. The molecule has 4 rings (SSSR count). The van der Waals surface area contributed by atoms with Crippen LogP contribution in [0.4, 0.5) is 10.2 Å². The summed E-state index contributed by atoms with van der Waals surface area (Å²) in [5.41, 5.74) is 11.3. The lowest BCUT2D eigenvalue weighted by atomic mass is 9.78. The van der Waals surface area contributed by atoms with Gasteiger partial charge in [-0.2, -0.15) is 5.26 Å². The molecule has 1 aliphatic rings. The van der Waals surface area contributed by atoms with Gasteiger partial charge < -0.3 is 5.73 Å². The van der Waals surface area contributed by atoms with Crippen LogP contribution in [0.25, 0.3) is 11.1 Å². The van der Waals surface area contributed by atoms with Crippen LogP contribution in [0, 0.1) is 17.1 Å². The third-order valence-electron chi connectivity index (χ3n) is 5.18. The van der Waals surface area contributed by atoms with Crippen LogP contribution in [0.15, 0.2) is 53.0 Å². The van der Waals surface area contributed by atoms with E-state index in [1.54, 1.807) is 12.1 Å². The van der Waals surface area contributed by atoms with Crippen LogP contribution in [-0.2, 0) is 12.8 Å². The van der Waals surface area contributed by atoms with E-state index in [1.807, 2.05) is 18.2 Å². The zero-order chi connectivity index (χ0) is 19.0. The summed E-state index contributed by atoms with van der Waals surface area (Å²) in [6.45, 7) is 0. The second-order valence-electron chi connectivity index (χ2n) is 6.76. The quantitative estimate of drug-likeness (QED) is 0.604. The van der Waals surface area contributed by atoms with E-state index in [0.29, 0.717) is 16.0 Å². The maximum atomic E-state index is 13.7. The van der Waals surface area contributed by atoms with Crippen LogP contribution in [-0.4, -0.2) is 4.98 Å². The summed E-state index contributed by atoms with van der Waals surface area (Å²) in [6.07, 6.45) is 2.58. The molecule has 27 heavy (non-hydrogen) atoms. The van der Waals surface area contributed by atoms with E-state index >= 15 is 0 Å². The fraction of sp³-hybridized carbons (Fsp3) is 0.182. The van der Waals surface area contributed by atoms with Crippen molar-refractivity contribution in [1.29, 1.82) is 5.26 Å². The van der Waals surface area contributed by atoms with Gasteiger partial charge in [-0.3, -0.25) is 0 Å². The van der Waals surface area contributed by atoms with Crippen LogP contribution >= 0.6 is 15.9 Å². The minimum atomic E-state index is -0.338. The molecule has 0 fully saturated rings. The van der Waals surface area contributed by atoms with E-state index < -0.39 is 0 Å². The fourth-order valence-electron chi connectivity index (χ4n) is 3.87. The lowest BCUT2D eigenvalue weighted by Gasteiger charge is -2.27. The number of aryl methyl sites for hydroxylation is 1. The van der Waals surface area contributed by atoms with Crippen molar-refractivity contribution in [2.75, 3.05) is 5.73 Å². The molecule has 1 heterocycles. The number of anilines is 1. The molecule has 0 spiro atoms. The highest BCUT2D eigenvalue weighted by atomic mass is 79.9. The Bertz CT molecular complexity index is 1060. The molecule has 0 saturated heterocycles. The van der Waals surface area contributed by atoms with Gasteiger partial charge in [-0.25, -0.2) is 9.37 Å². The Morgan fingerprint density at radius 3 is 2.67 bits per heavy atom. The Balaban J connectivity index is 1.89. The summed E-state index contributed by atoms with van der Waals surface area (Å²) < 4.78 is 14.1. The zero-order valence-electron chi connectivity index (χ0n) is 14.5. The van der Waals surface area contributed by atoms with Crippen LogP contribution in [0.5, 0.6) is 0 Å². The van der Waals surface area contributed by atoms with E-state index in [1.165, 1.54) is 11.6 Å². The number of halogens is 2. The van der Waals surface area contributed by atoms with E-state index in [9.17, 15) is 9.65 Å². The Labute approximate surface area is 165 Å². The third-order valence-corrected chi connectivity index (χ3v) is 5.79. The van der Waals surface area contributed by atoms with Crippen molar-refractivity contribution in [2.24, 2.45) is 0 Å². The number of benzene rings is 2. The highest BCUT2D eigenvalue weighted by molar-refractivity contribution is 9.10. The Morgan fingerprint density at radius 2 is 1.96 bits per heavy atom. The van der Waals surface area contributed by atoms with Crippen molar-refractivity contribution in [1.82, 2.24) is 4.98 Å². The molecule has 0 amide bonds. The summed E-state index contributed by atoms with van der Waals surface area (Å²) in [6, 6.07) is 17.4. The molecule has 2 N–H and O–H groups in total. The third kappa shape index (κ3) is 3.22. The van der Waals surface area contributed by atoms with E-state index in [2.05, 4.69) is 39.1 Å². The first-order chi connectivity index (χ1) is 13.1. The summed E-state index contributed by atoms with van der Waals surface area (Å²) in [4.78, 5) is 4.51. The van der Waals surface area contributed by atoms with Gasteiger partial charge in [0.25, 0.3) is 0 Å². The van der Waals surface area contributed by atoms with Crippen LogP contribution in [0.3, 0.4) is 0 Å². The van der Waals surface area contributed by atoms with Gasteiger partial charge in [0.1, 0.15) is 23.3 Å². The van der Waals surface area contributed by atoms with Gasteiger partial charge in [0, 0.05) is 11.3 Å². The van der Waals surface area contributed by atoms with Gasteiger partial charge in [0.2, 0.25) is 0 Å². The predicted octanol–water partition coefficient (Wildman–Crippen LogP) is 5.38. The summed E-state index contributed by atoms with van der Waals surface area (Å²) in [5.74, 6) is 0.262. The molecule has 5 heteroatoms. The maximum absolute atomic E-state index is 13.7. The van der Waals surface area contributed by atoms with Gasteiger partial charge in [-0.1, -0.05) is 36.4 Å². The molecule has 0 radical (unpaired) electrons. The van der Waals surface area contributed by atoms with Crippen molar-refractivity contribution in [3.63, 3.8) is 0 Å². The second kappa shape index (κ2) is 7.13. The minimum absolute atomic E-state index is 0.241. The minimum Gasteiger partial charge on any atom is -0.383 e. The Kier molecular flexibility index (Phi) is 4.67. The van der Waals surface area contributed by atoms with Crippen molar-refractivity contribution < 1.29 is 4.39 Å². The molecule has 2 aromatic carbocycles. The Morgan fingerprint density at radius 1 is 1.19 bits per heavy atom. The average molecular weight is 422 g/mol. The number of hydrogen-bond acceptors (Lipinski definition) is 3. The number of nitrogens with zero attached hydrogens (tertiary/aromatic N) is 2. The number of hydrogen-bond donors (Lipinski definition) is 1. The van der Waals surface area contributed by atoms with Crippen LogP contribution in [0.2, 0.25) is 0 Å². The summed E-state index contributed by atoms with van der Waals surface area (Å²) in [7, 11) is 0. The van der Waals surface area contributed by atoms with Crippen LogP contribution < -0.4 is 5.73 Å². The molecule has 1 aliphatic carbocycles. The van der Waals surface area contributed by atoms with E-state index in [0.717, 1.165) is 41.6 Å². The maximum Gasteiger partial charge on any atom is 0.142 e. The van der Waals surface area contributed by atoms with Crippen molar-refractivity contribution in [3.05, 3.63) is 81.2 Å². The molecule has 1 aromatic heterocycles. The number of nitriles is 1. The number of pyridine rings is 1. The molecule has 0 bridgehead atoms. The number of rotatable bonds is 2. The number of nitrogens with two attached hydrogens (primary N) is 1. The van der Waals surface area contributed by atoms with E-state index in [-0.39, 0.29) is 11.6 Å². The summed E-state index contributed by atoms with van der Waals surface area (Å²) in [5, 5.41) is 9.71. The smallest absolute Gasteiger partial charge is 0.142 e. The van der Waals surface area contributed by atoms with Crippen molar-refractivity contribution >= 4 is 21.7 Å². The topological polar surface area (TPSA) is 62.7 Å². The number of nitrogen functional groups attached to an aromatic ring is 1. The lowest BCUT2D eigenvalue weighted by molar-refractivity contribution is 0.575. The van der Waals surface area contributed by atoms with Crippen molar-refractivity contribution in [3.8, 4) is 17.2 Å². The van der Waals surface area contributed by atoms with Gasteiger partial charge in [0.05, 0.1) is 4.47 Å². The average Bonchev–Trinajstić information content (AvgIpc) is 2.69. The molecule has 0 aliphatic heterocycles. The molecule has 3 nitrogen and oxygen atoms in total. The molecular formula is C22H17BrFN3. The molecule has 3 aromatic rings. The normalized spacial score (nSPS) is 15.8. The van der Waals surface area contributed by atoms with Gasteiger partial charge in [0.15, 0.2) is 0 Å². The molecule has 134 valence electrons. The molecular weight excluding hydrogens is 405 g/mol. The molecule has 1 unspecified atom stereocenters. The zero-order valence-corrected chi connectivity index (χ0v) is 16.1. The first kappa shape index (κ1) is 17.7. The molecule has 0 saturated carbocycles. The number of fused-ring (bicyclic) bond motifs is 1. The van der Waals surface area contributed by atoms with Gasteiger partial charge >= 0.3 is 0 Å². The largest absolute Gasteiger partial charge is 0.383 e. The lowest BCUT2D eigenvalue weighted by Crippen LogP contribution is -2.17. The first-order valence-corrected chi connectivity index (χ1v) is 9.59. The SMILES string of the molecule is N#Cc1c(N)nc2c(c1-c1ccc(F)c(Br)c1)CC(c1ccccc1)CC2. The first-order valence-electron chi connectivity index (χ1n) is 8.80. The van der Waals surface area contributed by atoms with E-state index in [4.69, 9.17) is 5.73 Å². The monoisotopic (exact) mass is 421 g/mol. The predicted molar refractivity (Wildman–Crippen MR) is 108 cm³/mol. The summed E-state index contributed by atoms with van der Waals surface area (Å²) >= 11 is 3.25. The highest BCUT2D eigenvalue weighted by Crippen LogP contribution is 2.40. The second-order valence-corrected chi connectivity index (χ2v) is 7.62.